The van der Waals surface area contributed by atoms with Crippen molar-refractivity contribution >= 4 is 11.9 Å². The number of nitrogens with one attached hydrogen (secondary N) is 1. The highest BCUT2D eigenvalue weighted by Crippen LogP contribution is 2.34. The molecule has 2 aromatic rings. The lowest BCUT2D eigenvalue weighted by Crippen LogP contribution is -2.35. The number of rotatable bonds is 6. The number of ether oxygens (including phenoxy) is 1. The van der Waals surface area contributed by atoms with Crippen LogP contribution in [-0.4, -0.2) is 80.0 Å². The molecule has 2 aliphatic rings. The number of carboxylic acids is 1. The minimum absolute atomic E-state index is 0.0738. The molecule has 3 atom stereocenters. The van der Waals surface area contributed by atoms with Crippen LogP contribution >= 0.6 is 0 Å². The number of carbonyl (C=O) groups excluding carboxylic acids is 1. The smallest absolute Gasteiger partial charge is 0.475 e. The highest BCUT2D eigenvalue weighted by atomic mass is 19.4. The number of aryl methyl sites for hydroxylation is 2. The Morgan fingerprint density at radius 1 is 1.30 bits per heavy atom. The van der Waals surface area contributed by atoms with Crippen molar-refractivity contribution in [1.29, 1.82) is 0 Å². The average Bonchev–Trinajstić information content (AvgIpc) is 3.51. The summed E-state index contributed by atoms with van der Waals surface area (Å²) in [5.74, 6) is -1.99. The van der Waals surface area contributed by atoms with Gasteiger partial charge in [0.05, 0.1) is 18.9 Å². The molecule has 182 valence electrons. The molecule has 2 saturated heterocycles. The predicted molar refractivity (Wildman–Crippen MR) is 109 cm³/mol. The van der Waals surface area contributed by atoms with Gasteiger partial charge in [0, 0.05) is 69.6 Å². The second kappa shape index (κ2) is 10.3. The Morgan fingerprint density at radius 3 is 2.61 bits per heavy atom. The van der Waals surface area contributed by atoms with E-state index >= 15 is 0 Å². The van der Waals surface area contributed by atoms with Crippen molar-refractivity contribution in [2.24, 2.45) is 18.9 Å². The van der Waals surface area contributed by atoms with Crippen molar-refractivity contribution in [3.63, 3.8) is 0 Å². The van der Waals surface area contributed by atoms with Gasteiger partial charge in [0.2, 0.25) is 0 Å². The van der Waals surface area contributed by atoms with Crippen molar-refractivity contribution in [1.82, 2.24) is 29.8 Å². The van der Waals surface area contributed by atoms with Crippen LogP contribution in [0.4, 0.5) is 13.2 Å². The zero-order valence-corrected chi connectivity index (χ0v) is 18.3. The number of hydrogen-bond donors (Lipinski definition) is 2. The number of aromatic nitrogens is 4. The predicted octanol–water partition coefficient (Wildman–Crippen LogP) is 1.15. The number of alkyl halides is 3. The molecule has 2 aromatic heterocycles. The molecule has 0 aromatic carbocycles. The number of carbonyl (C=O) groups is 2. The molecule has 13 heteroatoms. The first-order valence-electron chi connectivity index (χ1n) is 10.5. The molecule has 1 amide bonds. The molecular formula is C20H27F3N6O4. The number of fused-ring (bicyclic) bond motifs is 1. The minimum Gasteiger partial charge on any atom is -0.475 e. The van der Waals surface area contributed by atoms with E-state index in [1.54, 1.807) is 24.0 Å². The van der Waals surface area contributed by atoms with Gasteiger partial charge in [-0.3, -0.25) is 19.1 Å². The van der Waals surface area contributed by atoms with E-state index in [9.17, 15) is 18.0 Å². The lowest BCUT2D eigenvalue weighted by molar-refractivity contribution is -0.192. The van der Waals surface area contributed by atoms with Gasteiger partial charge in [-0.15, -0.1) is 0 Å². The summed E-state index contributed by atoms with van der Waals surface area (Å²) in [5, 5.41) is 18.6. The number of amides is 1. The van der Waals surface area contributed by atoms with Gasteiger partial charge < -0.3 is 15.2 Å². The van der Waals surface area contributed by atoms with E-state index in [-0.39, 0.29) is 12.0 Å². The standard InChI is InChI=1S/C18H26N6O2.C2HF3O2/c1-3-24-9-13(6-21-24)8-23-10-15-14(12-26-17(15)11-23)7-19-18(25)16-4-5-20-22(16)2;3-2(4,5)1(6)7/h4-6,9,14-15,17H,3,7-8,10-12H2,1-2H3,(H,19,25);(H,6,7)/t14-,15+,17+;/m0./s1. The maximum atomic E-state index is 12.3. The summed E-state index contributed by atoms with van der Waals surface area (Å²) < 4.78 is 41.3. The maximum absolute atomic E-state index is 12.3. The van der Waals surface area contributed by atoms with E-state index in [0.717, 1.165) is 32.8 Å². The quantitative estimate of drug-likeness (QED) is 0.648. The van der Waals surface area contributed by atoms with E-state index in [1.165, 1.54) is 5.56 Å². The number of likely N-dealkylation sites (tertiary alicyclic amines) is 1. The third-order valence-corrected chi connectivity index (χ3v) is 5.75. The first-order chi connectivity index (χ1) is 15.6. The highest BCUT2D eigenvalue weighted by molar-refractivity contribution is 5.92. The molecule has 2 N–H and O–H groups in total. The topological polar surface area (TPSA) is 115 Å². The Morgan fingerprint density at radius 2 is 2.03 bits per heavy atom. The monoisotopic (exact) mass is 472 g/mol. The third kappa shape index (κ3) is 6.32. The molecule has 0 saturated carbocycles. The molecule has 10 nitrogen and oxygen atoms in total. The van der Waals surface area contributed by atoms with Gasteiger partial charge in [-0.1, -0.05) is 0 Å². The van der Waals surface area contributed by atoms with Crippen molar-refractivity contribution in [3.8, 4) is 0 Å². The fourth-order valence-corrected chi connectivity index (χ4v) is 4.05. The summed E-state index contributed by atoms with van der Waals surface area (Å²) in [5.41, 5.74) is 1.83. The molecule has 4 rings (SSSR count). The van der Waals surface area contributed by atoms with Gasteiger partial charge in [0.15, 0.2) is 0 Å². The second-order valence-electron chi connectivity index (χ2n) is 8.05. The first kappa shape index (κ1) is 24.7. The van der Waals surface area contributed by atoms with Gasteiger partial charge >= 0.3 is 12.1 Å². The Hall–Kier alpha value is -2.93. The Balaban J connectivity index is 0.000000383. The molecule has 2 aliphatic heterocycles. The zero-order chi connectivity index (χ0) is 24.2. The van der Waals surface area contributed by atoms with Crippen LogP contribution in [0.15, 0.2) is 24.7 Å². The Labute approximate surface area is 188 Å². The van der Waals surface area contributed by atoms with E-state index in [0.29, 0.717) is 24.1 Å². The minimum atomic E-state index is -5.08. The van der Waals surface area contributed by atoms with Gasteiger partial charge in [-0.2, -0.15) is 23.4 Å². The SMILES string of the molecule is CCn1cc(CN2C[C@@H]3[C@@H](CNC(=O)c4ccnn4C)CO[C@@H]3C2)cn1.O=C(O)C(F)(F)F. The lowest BCUT2D eigenvalue weighted by Gasteiger charge is -2.19. The largest absolute Gasteiger partial charge is 0.490 e. The van der Waals surface area contributed by atoms with Crippen molar-refractivity contribution in [2.45, 2.75) is 32.3 Å². The fourth-order valence-electron chi connectivity index (χ4n) is 4.05. The average molecular weight is 472 g/mol. The summed E-state index contributed by atoms with van der Waals surface area (Å²) in [6.07, 6.45) is 0.888. The lowest BCUT2D eigenvalue weighted by atomic mass is 9.93. The van der Waals surface area contributed by atoms with Gasteiger partial charge in [-0.05, 0) is 13.0 Å². The number of aliphatic carboxylic acids is 1. The van der Waals surface area contributed by atoms with E-state index in [4.69, 9.17) is 14.6 Å². The molecule has 33 heavy (non-hydrogen) atoms. The molecular weight excluding hydrogens is 445 g/mol. The molecule has 0 radical (unpaired) electrons. The molecule has 4 heterocycles. The van der Waals surface area contributed by atoms with Gasteiger partial charge in [-0.25, -0.2) is 4.79 Å². The van der Waals surface area contributed by atoms with Crippen LogP contribution in [0.3, 0.4) is 0 Å². The maximum Gasteiger partial charge on any atom is 0.490 e. The second-order valence-corrected chi connectivity index (χ2v) is 8.05. The molecule has 0 bridgehead atoms. The van der Waals surface area contributed by atoms with Crippen LogP contribution in [0.2, 0.25) is 0 Å². The Bertz CT molecular complexity index is 960. The van der Waals surface area contributed by atoms with Crippen molar-refractivity contribution in [3.05, 3.63) is 35.9 Å². The van der Waals surface area contributed by atoms with Crippen LogP contribution < -0.4 is 5.32 Å². The number of hydrogen-bond acceptors (Lipinski definition) is 6. The fraction of sp³-hybridized carbons (Fsp3) is 0.600. The summed E-state index contributed by atoms with van der Waals surface area (Å²) in [6, 6.07) is 1.73. The van der Waals surface area contributed by atoms with Crippen molar-refractivity contribution in [2.75, 3.05) is 26.2 Å². The summed E-state index contributed by atoms with van der Waals surface area (Å²) >= 11 is 0. The van der Waals surface area contributed by atoms with Gasteiger partial charge in [0.1, 0.15) is 5.69 Å². The molecule has 0 unspecified atom stereocenters. The molecule has 0 spiro atoms. The number of carboxylic acid groups (broad SMARTS) is 1. The zero-order valence-electron chi connectivity index (χ0n) is 18.3. The van der Waals surface area contributed by atoms with Crippen LogP contribution in [0.5, 0.6) is 0 Å². The van der Waals surface area contributed by atoms with Crippen LogP contribution in [0, 0.1) is 11.8 Å². The highest BCUT2D eigenvalue weighted by Gasteiger charge is 2.43. The third-order valence-electron chi connectivity index (χ3n) is 5.75. The normalized spacial score (nSPS) is 22.5. The first-order valence-corrected chi connectivity index (χ1v) is 10.5. The van der Waals surface area contributed by atoms with E-state index in [2.05, 4.69) is 33.5 Å². The van der Waals surface area contributed by atoms with E-state index in [1.807, 2.05) is 10.9 Å². The molecule has 2 fully saturated rings. The summed E-state index contributed by atoms with van der Waals surface area (Å²) in [6.45, 7) is 7.23. The van der Waals surface area contributed by atoms with Crippen LogP contribution in [-0.2, 0) is 29.7 Å². The van der Waals surface area contributed by atoms with Crippen LogP contribution in [0.1, 0.15) is 23.0 Å². The Kier molecular flexibility index (Phi) is 7.74. The number of halogens is 3. The van der Waals surface area contributed by atoms with Crippen LogP contribution in [0.25, 0.3) is 0 Å². The van der Waals surface area contributed by atoms with Gasteiger partial charge in [0.25, 0.3) is 5.91 Å². The number of nitrogens with zero attached hydrogens (tertiary/aromatic N) is 5. The molecule has 0 aliphatic carbocycles. The van der Waals surface area contributed by atoms with E-state index < -0.39 is 12.1 Å². The summed E-state index contributed by atoms with van der Waals surface area (Å²) in [4.78, 5) is 23.6. The van der Waals surface area contributed by atoms with Crippen molar-refractivity contribution < 1.29 is 32.6 Å². The summed E-state index contributed by atoms with van der Waals surface area (Å²) in [7, 11) is 1.78.